The van der Waals surface area contributed by atoms with Gasteiger partial charge in [0.25, 0.3) is 0 Å². The van der Waals surface area contributed by atoms with E-state index >= 15 is 0 Å². The molecule has 0 bridgehead atoms. The number of benzene rings is 2. The molecule has 0 saturated carbocycles. The van der Waals surface area contributed by atoms with Crippen LogP contribution in [0.2, 0.25) is 5.02 Å². The molecular weight excluding hydrogens is 413 g/mol. The van der Waals surface area contributed by atoms with Crippen LogP contribution in [0.1, 0.15) is 16.2 Å². The minimum atomic E-state index is -4.74. The molecule has 0 radical (unpaired) electrons. The molecule has 7 nitrogen and oxygen atoms in total. The zero-order valence-electron chi connectivity index (χ0n) is 14.9. The number of nitrogens with one attached hydrogen (secondary N) is 1. The second-order valence-electron chi connectivity index (χ2n) is 5.69. The van der Waals surface area contributed by atoms with Gasteiger partial charge in [0.2, 0.25) is 0 Å². The molecule has 0 saturated heterocycles. The lowest BCUT2D eigenvalue weighted by molar-refractivity contribution is -0.274. The van der Waals surface area contributed by atoms with Crippen molar-refractivity contribution < 1.29 is 27.4 Å². The highest BCUT2D eigenvalue weighted by Crippen LogP contribution is 2.24. The molecule has 0 aliphatic rings. The summed E-state index contributed by atoms with van der Waals surface area (Å²) in [4.78, 5) is 15.7. The quantitative estimate of drug-likeness (QED) is 0.595. The lowest BCUT2D eigenvalue weighted by atomic mass is 10.2. The molecule has 1 aromatic heterocycles. The normalized spacial score (nSPS) is 11.2. The van der Waals surface area contributed by atoms with Crippen molar-refractivity contribution in [1.82, 2.24) is 14.8 Å². The molecule has 3 rings (SSSR count). The molecule has 3 aromatic rings. The molecule has 0 unspecified atom stereocenters. The number of esters is 1. The Balaban J connectivity index is 1.63. The highest BCUT2D eigenvalue weighted by atomic mass is 35.5. The van der Waals surface area contributed by atoms with E-state index in [1.807, 2.05) is 0 Å². The summed E-state index contributed by atoms with van der Waals surface area (Å²) in [7, 11) is 1.27. The van der Waals surface area contributed by atoms with Crippen LogP contribution >= 0.6 is 11.6 Å². The van der Waals surface area contributed by atoms with Crippen molar-refractivity contribution >= 4 is 23.3 Å². The van der Waals surface area contributed by atoms with E-state index in [4.69, 9.17) is 11.6 Å². The number of anilines is 1. The third kappa shape index (κ3) is 5.38. The maximum atomic E-state index is 12.2. The topological polar surface area (TPSA) is 78.3 Å². The van der Waals surface area contributed by atoms with Crippen LogP contribution in [0.3, 0.4) is 0 Å². The van der Waals surface area contributed by atoms with Crippen LogP contribution in [0.15, 0.2) is 48.8 Å². The molecule has 11 heteroatoms. The van der Waals surface area contributed by atoms with Crippen molar-refractivity contribution in [3.05, 3.63) is 65.2 Å². The highest BCUT2D eigenvalue weighted by molar-refractivity contribution is 6.33. The summed E-state index contributed by atoms with van der Waals surface area (Å²) in [5.41, 5.74) is 1.41. The van der Waals surface area contributed by atoms with E-state index in [9.17, 15) is 18.0 Å². The first-order valence-electron chi connectivity index (χ1n) is 8.13. The number of hydrogen-bond donors (Lipinski definition) is 1. The summed E-state index contributed by atoms with van der Waals surface area (Å²) < 4.78 is 46.5. The Morgan fingerprint density at radius 3 is 2.55 bits per heavy atom. The van der Waals surface area contributed by atoms with E-state index in [0.717, 1.165) is 0 Å². The van der Waals surface area contributed by atoms with Gasteiger partial charge >= 0.3 is 12.3 Å². The van der Waals surface area contributed by atoms with E-state index in [0.29, 0.717) is 17.2 Å². The predicted molar refractivity (Wildman–Crippen MR) is 98.2 cm³/mol. The number of hydrogen-bond acceptors (Lipinski definition) is 6. The van der Waals surface area contributed by atoms with E-state index in [1.54, 1.807) is 12.1 Å². The Labute approximate surface area is 168 Å². The van der Waals surface area contributed by atoms with Crippen LogP contribution in [-0.2, 0) is 11.3 Å². The van der Waals surface area contributed by atoms with Crippen LogP contribution in [0, 0.1) is 0 Å². The van der Waals surface area contributed by atoms with Gasteiger partial charge in [0.05, 0.1) is 29.9 Å². The zero-order chi connectivity index (χ0) is 21.0. The average molecular weight is 427 g/mol. The van der Waals surface area contributed by atoms with Crippen molar-refractivity contribution in [3.63, 3.8) is 0 Å². The standard InChI is InChI=1S/C18H14ClF3N4O3/c1-28-17(27)14-7-2-11(8-15(14)19)23-9-16-24-10-26(25-16)12-3-5-13(6-4-12)29-18(20,21)22/h2-8,10,23H,9H2,1H3. The molecule has 29 heavy (non-hydrogen) atoms. The minimum absolute atomic E-state index is 0.238. The molecule has 2 aromatic carbocycles. The Morgan fingerprint density at radius 2 is 1.93 bits per heavy atom. The SMILES string of the molecule is COC(=O)c1ccc(NCc2ncn(-c3ccc(OC(F)(F)F)cc3)n2)cc1Cl. The van der Waals surface area contributed by atoms with Gasteiger partial charge in [-0.1, -0.05) is 11.6 Å². The van der Waals surface area contributed by atoms with Crippen molar-refractivity contribution in [2.75, 3.05) is 12.4 Å². The summed E-state index contributed by atoms with van der Waals surface area (Å²) in [6.45, 7) is 0.260. The molecule has 0 amide bonds. The van der Waals surface area contributed by atoms with Gasteiger partial charge in [-0.2, -0.15) is 0 Å². The fourth-order valence-electron chi connectivity index (χ4n) is 2.38. The molecule has 1 heterocycles. The molecule has 0 atom stereocenters. The smallest absolute Gasteiger partial charge is 0.465 e. The van der Waals surface area contributed by atoms with Gasteiger partial charge in [0.1, 0.15) is 12.1 Å². The average Bonchev–Trinajstić information content (AvgIpc) is 3.14. The third-order valence-corrected chi connectivity index (χ3v) is 4.01. The number of halogens is 4. The first-order chi connectivity index (χ1) is 13.7. The largest absolute Gasteiger partial charge is 0.573 e. The number of alkyl halides is 3. The van der Waals surface area contributed by atoms with Crippen LogP contribution in [0.25, 0.3) is 5.69 Å². The maximum absolute atomic E-state index is 12.2. The van der Waals surface area contributed by atoms with Crippen LogP contribution in [-0.4, -0.2) is 34.2 Å². The van der Waals surface area contributed by atoms with Crippen LogP contribution < -0.4 is 10.1 Å². The van der Waals surface area contributed by atoms with E-state index in [1.165, 1.54) is 48.5 Å². The highest BCUT2D eigenvalue weighted by Gasteiger charge is 2.31. The van der Waals surface area contributed by atoms with Crippen molar-refractivity contribution in [2.24, 2.45) is 0 Å². The number of carbonyl (C=O) groups excluding carboxylic acids is 1. The molecular formula is C18H14ClF3N4O3. The van der Waals surface area contributed by atoms with Crippen molar-refractivity contribution in [2.45, 2.75) is 12.9 Å². The molecule has 152 valence electrons. The van der Waals surface area contributed by atoms with Gasteiger partial charge < -0.3 is 14.8 Å². The lowest BCUT2D eigenvalue weighted by Crippen LogP contribution is -2.17. The molecule has 0 fully saturated rings. The molecule has 0 spiro atoms. The summed E-state index contributed by atoms with van der Waals surface area (Å²) >= 11 is 6.06. The second kappa shape index (κ2) is 8.39. The maximum Gasteiger partial charge on any atom is 0.573 e. The number of rotatable bonds is 6. The zero-order valence-corrected chi connectivity index (χ0v) is 15.7. The summed E-state index contributed by atoms with van der Waals surface area (Å²) in [5, 5.41) is 7.56. The Morgan fingerprint density at radius 1 is 1.21 bits per heavy atom. The Kier molecular flexibility index (Phi) is 5.92. The number of nitrogens with zero attached hydrogens (tertiary/aromatic N) is 3. The van der Waals surface area contributed by atoms with Gasteiger partial charge in [-0.15, -0.1) is 18.3 Å². The first kappa shape index (κ1) is 20.5. The summed E-state index contributed by atoms with van der Waals surface area (Å²) in [6.07, 6.45) is -3.31. The number of methoxy groups -OCH3 is 1. The van der Waals surface area contributed by atoms with Gasteiger partial charge in [-0.3, -0.25) is 0 Å². The van der Waals surface area contributed by atoms with Crippen LogP contribution in [0.5, 0.6) is 5.75 Å². The van der Waals surface area contributed by atoms with E-state index < -0.39 is 12.3 Å². The molecule has 0 aliphatic carbocycles. The fourth-order valence-corrected chi connectivity index (χ4v) is 2.64. The molecule has 1 N–H and O–H groups in total. The number of carbonyl (C=O) groups is 1. The number of ether oxygens (including phenoxy) is 2. The lowest BCUT2D eigenvalue weighted by Gasteiger charge is -2.09. The Hall–Kier alpha value is -3.27. The van der Waals surface area contributed by atoms with Gasteiger partial charge in [-0.25, -0.2) is 14.5 Å². The van der Waals surface area contributed by atoms with Crippen molar-refractivity contribution in [1.29, 1.82) is 0 Å². The minimum Gasteiger partial charge on any atom is -0.465 e. The third-order valence-electron chi connectivity index (χ3n) is 3.70. The van der Waals surface area contributed by atoms with Crippen LogP contribution in [0.4, 0.5) is 18.9 Å². The van der Waals surface area contributed by atoms with Gasteiger partial charge in [0, 0.05) is 5.69 Å². The second-order valence-corrected chi connectivity index (χ2v) is 6.09. The molecule has 0 aliphatic heterocycles. The predicted octanol–water partition coefficient (Wildman–Crippen LogP) is 4.22. The summed E-state index contributed by atoms with van der Waals surface area (Å²) in [6, 6.07) is 10.0. The fraction of sp³-hybridized carbons (Fsp3) is 0.167. The van der Waals surface area contributed by atoms with Crippen molar-refractivity contribution in [3.8, 4) is 11.4 Å². The monoisotopic (exact) mass is 426 g/mol. The van der Waals surface area contributed by atoms with E-state index in [2.05, 4.69) is 24.9 Å². The first-order valence-corrected chi connectivity index (χ1v) is 8.51. The number of aromatic nitrogens is 3. The summed E-state index contributed by atoms with van der Waals surface area (Å²) in [5.74, 6) is -0.419. The Bertz CT molecular complexity index is 1010. The van der Waals surface area contributed by atoms with Gasteiger partial charge in [0.15, 0.2) is 5.82 Å². The van der Waals surface area contributed by atoms with Gasteiger partial charge in [-0.05, 0) is 42.5 Å². The van der Waals surface area contributed by atoms with E-state index in [-0.39, 0.29) is 22.9 Å².